The Morgan fingerprint density at radius 2 is 2.03 bits per heavy atom. The lowest BCUT2D eigenvalue weighted by molar-refractivity contribution is -0.116. The zero-order valence-corrected chi connectivity index (χ0v) is 18.8. The van der Waals surface area contributed by atoms with E-state index in [0.717, 1.165) is 23.1 Å². The minimum absolute atomic E-state index is 0.0866. The van der Waals surface area contributed by atoms with Gasteiger partial charge in [-0.25, -0.2) is 4.98 Å². The fourth-order valence-electron chi connectivity index (χ4n) is 2.99. The molecule has 1 heterocycles. The largest absolute Gasteiger partial charge is 0.367 e. The van der Waals surface area contributed by atoms with E-state index in [0.29, 0.717) is 29.7 Å². The Labute approximate surface area is 192 Å². The van der Waals surface area contributed by atoms with Crippen molar-refractivity contribution >= 4 is 35.2 Å². The van der Waals surface area contributed by atoms with Gasteiger partial charge < -0.3 is 14.6 Å². The molecule has 5 nitrogen and oxygen atoms in total. The molecule has 1 amide bonds. The minimum Gasteiger partial charge on any atom is -0.367 e. The number of nitrogens with one attached hydrogen (secondary N) is 1. The van der Waals surface area contributed by atoms with Gasteiger partial charge in [0.05, 0.1) is 19.5 Å². The first-order chi connectivity index (χ1) is 15.0. The normalized spacial score (nSPS) is 12.2. The number of amides is 1. The summed E-state index contributed by atoms with van der Waals surface area (Å²) < 4.78 is 8.18. The smallest absolute Gasteiger partial charge is 0.243 e. The number of nitrogens with zero attached hydrogens (tertiary/aromatic N) is 2. The van der Waals surface area contributed by atoms with E-state index in [9.17, 15) is 4.79 Å². The van der Waals surface area contributed by atoms with Crippen LogP contribution in [-0.4, -0.2) is 22.0 Å². The lowest BCUT2D eigenvalue weighted by atomic mass is 10.1. The Kier molecular flexibility index (Phi) is 8.71. The maximum atomic E-state index is 11.7. The first kappa shape index (κ1) is 23.1. The second-order valence-corrected chi connectivity index (χ2v) is 7.93. The molecule has 3 aromatic rings. The van der Waals surface area contributed by atoms with Crippen LogP contribution in [-0.2, 0) is 22.7 Å². The molecule has 0 saturated heterocycles. The topological polar surface area (TPSA) is 56.1 Å². The van der Waals surface area contributed by atoms with E-state index in [1.807, 2.05) is 54.1 Å². The number of halogens is 2. The highest BCUT2D eigenvalue weighted by molar-refractivity contribution is 6.35. The molecular weight excluding hydrogens is 433 g/mol. The molecule has 31 heavy (non-hydrogen) atoms. The van der Waals surface area contributed by atoms with Crippen LogP contribution in [0.25, 0.3) is 6.08 Å². The average molecular weight is 458 g/mol. The lowest BCUT2D eigenvalue weighted by Crippen LogP contribution is -2.21. The van der Waals surface area contributed by atoms with Crippen molar-refractivity contribution in [2.24, 2.45) is 0 Å². The average Bonchev–Trinajstić information content (AvgIpc) is 3.28. The summed E-state index contributed by atoms with van der Waals surface area (Å²) in [5, 5.41) is 3.97. The number of imidazole rings is 1. The molecule has 0 aliphatic rings. The summed E-state index contributed by atoms with van der Waals surface area (Å²) in [5.74, 6) is -0.0866. The number of hydrogen-bond donors (Lipinski definition) is 1. The van der Waals surface area contributed by atoms with Crippen LogP contribution >= 0.6 is 23.2 Å². The van der Waals surface area contributed by atoms with Crippen molar-refractivity contribution < 1.29 is 9.53 Å². The standard InChI is InChI=1S/C24H25Cl2N3O2/c1-2-11-28-24(30)10-7-18-3-5-19(6-4-18)16-31-23(15-29-13-12-27-17-29)21-9-8-20(25)14-22(21)26/h3-10,12-14,17,23H,2,11,15-16H2,1H3,(H,28,30)/b10-7+. The molecule has 0 radical (unpaired) electrons. The molecule has 2 aromatic carbocycles. The van der Waals surface area contributed by atoms with Crippen molar-refractivity contribution in [2.75, 3.05) is 6.54 Å². The molecule has 3 rings (SSSR count). The molecule has 0 aliphatic carbocycles. The molecule has 7 heteroatoms. The number of ether oxygens (including phenoxy) is 1. The van der Waals surface area contributed by atoms with Crippen LogP contribution < -0.4 is 5.32 Å². The first-order valence-corrected chi connectivity index (χ1v) is 10.9. The molecule has 162 valence electrons. The molecule has 0 bridgehead atoms. The molecule has 0 fully saturated rings. The summed E-state index contributed by atoms with van der Waals surface area (Å²) in [6, 6.07) is 13.3. The van der Waals surface area contributed by atoms with Crippen LogP contribution in [0.2, 0.25) is 10.0 Å². The van der Waals surface area contributed by atoms with Gasteiger partial charge in [0.1, 0.15) is 6.10 Å². The van der Waals surface area contributed by atoms with E-state index in [2.05, 4.69) is 10.3 Å². The minimum atomic E-state index is -0.263. The van der Waals surface area contributed by atoms with Crippen molar-refractivity contribution in [1.82, 2.24) is 14.9 Å². The summed E-state index contributed by atoms with van der Waals surface area (Å²) in [5.41, 5.74) is 2.84. The van der Waals surface area contributed by atoms with Gasteiger partial charge in [-0.3, -0.25) is 4.79 Å². The maximum Gasteiger partial charge on any atom is 0.243 e. The monoisotopic (exact) mass is 457 g/mol. The third-order valence-electron chi connectivity index (χ3n) is 4.65. The Morgan fingerprint density at radius 3 is 2.71 bits per heavy atom. The van der Waals surface area contributed by atoms with Gasteiger partial charge in [0.15, 0.2) is 0 Å². The van der Waals surface area contributed by atoms with E-state index < -0.39 is 0 Å². The maximum absolute atomic E-state index is 11.7. The quantitative estimate of drug-likeness (QED) is 0.398. The van der Waals surface area contributed by atoms with Crippen LogP contribution in [0.1, 0.15) is 36.1 Å². The van der Waals surface area contributed by atoms with E-state index in [-0.39, 0.29) is 12.0 Å². The third-order valence-corrected chi connectivity index (χ3v) is 5.21. The van der Waals surface area contributed by atoms with E-state index in [1.165, 1.54) is 0 Å². The van der Waals surface area contributed by atoms with Gasteiger partial charge in [-0.2, -0.15) is 0 Å². The van der Waals surface area contributed by atoms with Crippen LogP contribution in [0.4, 0.5) is 0 Å². The summed E-state index contributed by atoms with van der Waals surface area (Å²) in [7, 11) is 0. The Balaban J connectivity index is 1.65. The number of aromatic nitrogens is 2. The van der Waals surface area contributed by atoms with Crippen molar-refractivity contribution in [1.29, 1.82) is 0 Å². The molecule has 0 spiro atoms. The SMILES string of the molecule is CCCNC(=O)/C=C/c1ccc(COC(Cn2ccnc2)c2ccc(Cl)cc2Cl)cc1. The van der Waals surface area contributed by atoms with Crippen LogP contribution in [0.15, 0.2) is 67.3 Å². The fourth-order valence-corrected chi connectivity index (χ4v) is 3.52. The number of carbonyl (C=O) groups is 1. The number of hydrogen-bond acceptors (Lipinski definition) is 3. The van der Waals surface area contributed by atoms with Gasteiger partial charge in [-0.15, -0.1) is 0 Å². The molecule has 1 aromatic heterocycles. The predicted molar refractivity (Wildman–Crippen MR) is 125 cm³/mol. The van der Waals surface area contributed by atoms with Gasteiger partial charge in [0.2, 0.25) is 5.91 Å². The van der Waals surface area contributed by atoms with E-state index in [4.69, 9.17) is 27.9 Å². The number of benzene rings is 2. The highest BCUT2D eigenvalue weighted by atomic mass is 35.5. The zero-order valence-electron chi connectivity index (χ0n) is 17.3. The molecule has 1 N–H and O–H groups in total. The Morgan fingerprint density at radius 1 is 1.23 bits per heavy atom. The van der Waals surface area contributed by atoms with Gasteiger partial charge in [0, 0.05) is 40.6 Å². The van der Waals surface area contributed by atoms with Crippen LogP contribution in [0.5, 0.6) is 0 Å². The van der Waals surface area contributed by atoms with Crippen molar-refractivity contribution in [3.8, 4) is 0 Å². The zero-order chi connectivity index (χ0) is 22.1. The summed E-state index contributed by atoms with van der Waals surface area (Å²) >= 11 is 12.5. The lowest BCUT2D eigenvalue weighted by Gasteiger charge is -2.20. The fraction of sp³-hybridized carbons (Fsp3) is 0.250. The second kappa shape index (κ2) is 11.7. The van der Waals surface area contributed by atoms with Gasteiger partial charge in [-0.1, -0.05) is 60.5 Å². The van der Waals surface area contributed by atoms with Gasteiger partial charge >= 0.3 is 0 Å². The van der Waals surface area contributed by atoms with Crippen LogP contribution in [0, 0.1) is 0 Å². The molecule has 0 aliphatic heterocycles. The predicted octanol–water partition coefficient (Wildman–Crippen LogP) is 5.69. The molecule has 1 unspecified atom stereocenters. The highest BCUT2D eigenvalue weighted by Crippen LogP contribution is 2.30. The second-order valence-electron chi connectivity index (χ2n) is 7.09. The van der Waals surface area contributed by atoms with Crippen molar-refractivity contribution in [3.63, 3.8) is 0 Å². The molecule has 1 atom stereocenters. The summed E-state index contributed by atoms with van der Waals surface area (Å²) in [4.78, 5) is 15.8. The van der Waals surface area contributed by atoms with Crippen molar-refractivity contribution in [2.45, 2.75) is 32.6 Å². The number of carbonyl (C=O) groups excluding carboxylic acids is 1. The van der Waals surface area contributed by atoms with Gasteiger partial charge in [0.25, 0.3) is 0 Å². The first-order valence-electron chi connectivity index (χ1n) is 10.1. The summed E-state index contributed by atoms with van der Waals surface area (Å²) in [6.07, 6.45) is 9.36. The van der Waals surface area contributed by atoms with Crippen LogP contribution in [0.3, 0.4) is 0 Å². The third kappa shape index (κ3) is 7.24. The molecule has 0 saturated carbocycles. The highest BCUT2D eigenvalue weighted by Gasteiger charge is 2.17. The van der Waals surface area contributed by atoms with Crippen molar-refractivity contribution in [3.05, 3.63) is 94.0 Å². The van der Waals surface area contributed by atoms with E-state index in [1.54, 1.807) is 30.7 Å². The van der Waals surface area contributed by atoms with E-state index >= 15 is 0 Å². The van der Waals surface area contributed by atoms with Gasteiger partial charge in [-0.05, 0) is 35.8 Å². The summed E-state index contributed by atoms with van der Waals surface area (Å²) in [6.45, 7) is 3.69. The molecular formula is C24H25Cl2N3O2. The number of rotatable bonds is 10. The Hall–Kier alpha value is -2.60. The Bertz CT molecular complexity index is 1000.